The van der Waals surface area contributed by atoms with E-state index in [1.807, 2.05) is 0 Å². The van der Waals surface area contributed by atoms with Gasteiger partial charge in [-0.1, -0.05) is 24.3 Å². The SMILES string of the molecule is COC(=O)[C@@H]1Nc2c(C)ccc(C)c2[C@@H]2C=CC[C@H]12. The maximum atomic E-state index is 12.0. The van der Waals surface area contributed by atoms with Crippen LogP contribution in [-0.4, -0.2) is 19.1 Å². The largest absolute Gasteiger partial charge is 0.467 e. The third-order valence-electron chi connectivity index (χ3n) is 4.40. The zero-order chi connectivity index (χ0) is 13.6. The minimum absolute atomic E-state index is 0.162. The first-order chi connectivity index (χ1) is 9.13. The Labute approximate surface area is 113 Å². The minimum Gasteiger partial charge on any atom is -0.467 e. The lowest BCUT2D eigenvalue weighted by atomic mass is 9.77. The van der Waals surface area contributed by atoms with Crippen LogP contribution in [0.15, 0.2) is 24.3 Å². The van der Waals surface area contributed by atoms with Crippen molar-refractivity contribution in [1.29, 1.82) is 0 Å². The molecule has 3 atom stereocenters. The van der Waals surface area contributed by atoms with E-state index in [9.17, 15) is 4.79 Å². The van der Waals surface area contributed by atoms with Gasteiger partial charge in [-0.3, -0.25) is 0 Å². The average molecular weight is 257 g/mol. The van der Waals surface area contributed by atoms with Crippen molar-refractivity contribution < 1.29 is 9.53 Å². The Morgan fingerprint density at radius 2 is 2.05 bits per heavy atom. The number of esters is 1. The molecule has 100 valence electrons. The molecule has 3 nitrogen and oxygen atoms in total. The van der Waals surface area contributed by atoms with Crippen molar-refractivity contribution in [1.82, 2.24) is 0 Å². The molecular weight excluding hydrogens is 238 g/mol. The van der Waals surface area contributed by atoms with Crippen LogP contribution in [0.3, 0.4) is 0 Å². The van der Waals surface area contributed by atoms with Crippen molar-refractivity contribution >= 4 is 11.7 Å². The van der Waals surface area contributed by atoms with Gasteiger partial charge in [0.05, 0.1) is 7.11 Å². The van der Waals surface area contributed by atoms with Crippen LogP contribution >= 0.6 is 0 Å². The Hall–Kier alpha value is -1.77. The van der Waals surface area contributed by atoms with Crippen molar-refractivity contribution in [2.75, 3.05) is 12.4 Å². The zero-order valence-electron chi connectivity index (χ0n) is 11.6. The Morgan fingerprint density at radius 1 is 1.32 bits per heavy atom. The predicted molar refractivity (Wildman–Crippen MR) is 75.3 cm³/mol. The van der Waals surface area contributed by atoms with Crippen molar-refractivity contribution in [3.8, 4) is 0 Å². The second kappa shape index (κ2) is 4.41. The second-order valence-electron chi connectivity index (χ2n) is 5.49. The summed E-state index contributed by atoms with van der Waals surface area (Å²) < 4.78 is 4.95. The van der Waals surface area contributed by atoms with Crippen LogP contribution in [0, 0.1) is 19.8 Å². The number of benzene rings is 1. The number of ether oxygens (including phenoxy) is 1. The predicted octanol–water partition coefficient (Wildman–Crippen LogP) is 2.93. The van der Waals surface area contributed by atoms with Crippen LogP contribution in [0.2, 0.25) is 0 Å². The lowest BCUT2D eigenvalue weighted by molar-refractivity contribution is -0.143. The highest BCUT2D eigenvalue weighted by atomic mass is 16.5. The summed E-state index contributed by atoms with van der Waals surface area (Å²) in [4.78, 5) is 12.0. The van der Waals surface area contributed by atoms with E-state index in [0.29, 0.717) is 5.92 Å². The first-order valence-electron chi connectivity index (χ1n) is 6.74. The molecule has 3 heteroatoms. The maximum Gasteiger partial charge on any atom is 0.328 e. The number of allylic oxidation sites excluding steroid dienone is 2. The number of methoxy groups -OCH3 is 1. The second-order valence-corrected chi connectivity index (χ2v) is 5.49. The molecule has 1 aromatic rings. The van der Waals surface area contributed by atoms with Crippen LogP contribution in [0.25, 0.3) is 0 Å². The van der Waals surface area contributed by atoms with E-state index < -0.39 is 0 Å². The molecule has 0 bridgehead atoms. The number of rotatable bonds is 1. The van der Waals surface area contributed by atoms with E-state index in [1.54, 1.807) is 0 Å². The molecule has 1 aliphatic heterocycles. The first-order valence-corrected chi connectivity index (χ1v) is 6.74. The number of hydrogen-bond donors (Lipinski definition) is 1. The standard InChI is InChI=1S/C16H19NO2/c1-9-7-8-10(2)14-13(9)11-5-4-6-12(11)15(17-14)16(18)19-3/h4-5,7-8,11-12,15,17H,6H2,1-3H3/t11-,12+,15-/m1/s1. The van der Waals surface area contributed by atoms with Crippen molar-refractivity contribution in [2.45, 2.75) is 32.2 Å². The molecule has 0 spiro atoms. The smallest absolute Gasteiger partial charge is 0.328 e. The zero-order valence-corrected chi connectivity index (χ0v) is 11.6. The Balaban J connectivity index is 2.12. The summed E-state index contributed by atoms with van der Waals surface area (Å²) in [5.74, 6) is 0.450. The summed E-state index contributed by atoms with van der Waals surface area (Å²) in [5, 5.41) is 3.41. The van der Waals surface area contributed by atoms with E-state index in [4.69, 9.17) is 4.74 Å². The summed E-state index contributed by atoms with van der Waals surface area (Å²) in [6, 6.07) is 4.03. The fourth-order valence-electron chi connectivity index (χ4n) is 3.40. The van der Waals surface area contributed by atoms with Crippen molar-refractivity contribution in [2.24, 2.45) is 5.92 Å². The Bertz CT molecular complexity index is 562. The number of carbonyl (C=O) groups is 1. The van der Waals surface area contributed by atoms with Gasteiger partial charge in [-0.05, 0) is 37.0 Å². The summed E-state index contributed by atoms with van der Waals surface area (Å²) in [7, 11) is 1.46. The number of anilines is 1. The van der Waals surface area contributed by atoms with Gasteiger partial charge < -0.3 is 10.1 Å². The number of carbonyl (C=O) groups excluding carboxylic acids is 1. The van der Waals surface area contributed by atoms with Gasteiger partial charge in [0.25, 0.3) is 0 Å². The van der Waals surface area contributed by atoms with Crippen LogP contribution in [0.5, 0.6) is 0 Å². The number of aryl methyl sites for hydroxylation is 2. The Morgan fingerprint density at radius 3 is 2.79 bits per heavy atom. The summed E-state index contributed by atoms with van der Waals surface area (Å²) in [5.41, 5.74) is 4.94. The van der Waals surface area contributed by atoms with Crippen molar-refractivity contribution in [3.05, 3.63) is 41.0 Å². The number of hydrogen-bond acceptors (Lipinski definition) is 3. The quantitative estimate of drug-likeness (QED) is 0.621. The van der Waals surface area contributed by atoms with E-state index in [0.717, 1.165) is 12.1 Å². The van der Waals surface area contributed by atoms with Gasteiger partial charge in [0.15, 0.2) is 0 Å². The minimum atomic E-state index is -0.238. The molecule has 0 aromatic heterocycles. The van der Waals surface area contributed by atoms with Gasteiger partial charge in [0.2, 0.25) is 0 Å². The molecule has 1 heterocycles. The highest BCUT2D eigenvalue weighted by molar-refractivity contribution is 5.83. The molecule has 0 saturated carbocycles. The first kappa shape index (κ1) is 12.3. The van der Waals surface area contributed by atoms with Crippen LogP contribution in [-0.2, 0) is 9.53 Å². The molecule has 3 rings (SSSR count). The molecule has 0 radical (unpaired) electrons. The lowest BCUT2D eigenvalue weighted by Gasteiger charge is -2.37. The van der Waals surface area contributed by atoms with E-state index in [1.165, 1.54) is 23.8 Å². The summed E-state index contributed by atoms with van der Waals surface area (Å²) >= 11 is 0. The van der Waals surface area contributed by atoms with Crippen LogP contribution in [0.4, 0.5) is 5.69 Å². The van der Waals surface area contributed by atoms with E-state index >= 15 is 0 Å². The van der Waals surface area contributed by atoms with Gasteiger partial charge >= 0.3 is 5.97 Å². The molecule has 1 aromatic carbocycles. The van der Waals surface area contributed by atoms with Gasteiger partial charge in [-0.2, -0.15) is 0 Å². The molecule has 2 aliphatic rings. The molecule has 1 N–H and O–H groups in total. The molecule has 0 amide bonds. The number of fused-ring (bicyclic) bond motifs is 3. The lowest BCUT2D eigenvalue weighted by Crippen LogP contribution is -2.43. The summed E-state index contributed by atoms with van der Waals surface area (Å²) in [6.45, 7) is 4.22. The third-order valence-corrected chi connectivity index (χ3v) is 4.40. The summed E-state index contributed by atoms with van der Waals surface area (Å²) in [6.07, 6.45) is 5.36. The fourth-order valence-corrected chi connectivity index (χ4v) is 3.40. The van der Waals surface area contributed by atoms with Gasteiger partial charge in [0.1, 0.15) is 6.04 Å². The van der Waals surface area contributed by atoms with Crippen LogP contribution < -0.4 is 5.32 Å². The van der Waals surface area contributed by atoms with Crippen molar-refractivity contribution in [3.63, 3.8) is 0 Å². The average Bonchev–Trinajstić information content (AvgIpc) is 2.90. The fraction of sp³-hybridized carbons (Fsp3) is 0.438. The molecule has 19 heavy (non-hydrogen) atoms. The highest BCUT2D eigenvalue weighted by Crippen LogP contribution is 2.47. The van der Waals surface area contributed by atoms with E-state index in [-0.39, 0.29) is 17.9 Å². The van der Waals surface area contributed by atoms with Gasteiger partial charge in [-0.15, -0.1) is 0 Å². The van der Waals surface area contributed by atoms with Gasteiger partial charge in [-0.25, -0.2) is 4.79 Å². The molecular formula is C16H19NO2. The van der Waals surface area contributed by atoms with Crippen LogP contribution in [0.1, 0.15) is 29.0 Å². The maximum absolute atomic E-state index is 12.0. The van der Waals surface area contributed by atoms with Gasteiger partial charge in [0, 0.05) is 17.5 Å². The van der Waals surface area contributed by atoms with E-state index in [2.05, 4.69) is 43.4 Å². The number of nitrogens with one attached hydrogen (secondary N) is 1. The highest BCUT2D eigenvalue weighted by Gasteiger charge is 2.42. The molecule has 1 aliphatic carbocycles. The Kier molecular flexibility index (Phi) is 2.85. The topological polar surface area (TPSA) is 38.3 Å². The molecule has 0 saturated heterocycles. The monoisotopic (exact) mass is 257 g/mol. The molecule has 0 unspecified atom stereocenters. The third kappa shape index (κ3) is 1.76. The normalized spacial score (nSPS) is 27.4. The molecule has 0 fully saturated rings.